The monoisotopic (exact) mass is 268 g/mol. The van der Waals surface area contributed by atoms with Gasteiger partial charge in [-0.2, -0.15) is 5.06 Å². The molecule has 18 heavy (non-hydrogen) atoms. The molecule has 5 heteroatoms. The topological polar surface area (TPSA) is 32.8 Å². The van der Waals surface area contributed by atoms with E-state index in [0.29, 0.717) is 18.3 Å². The van der Waals surface area contributed by atoms with Crippen LogP contribution in [0.3, 0.4) is 0 Å². The van der Waals surface area contributed by atoms with Crippen LogP contribution in [0.4, 0.5) is 4.79 Å². The molecule has 1 aliphatic heterocycles. The van der Waals surface area contributed by atoms with Crippen molar-refractivity contribution in [1.82, 2.24) is 9.96 Å². The van der Waals surface area contributed by atoms with E-state index in [-0.39, 0.29) is 11.6 Å². The van der Waals surface area contributed by atoms with E-state index in [4.69, 9.17) is 16.4 Å². The molecule has 0 spiro atoms. The van der Waals surface area contributed by atoms with Crippen molar-refractivity contribution in [2.24, 2.45) is 0 Å². The summed E-state index contributed by atoms with van der Waals surface area (Å²) in [6.07, 6.45) is 0. The summed E-state index contributed by atoms with van der Waals surface area (Å²) in [5.41, 5.74) is 0.715. The molecule has 4 nitrogen and oxygen atoms in total. The lowest BCUT2D eigenvalue weighted by molar-refractivity contribution is -0.0978. The Hall–Kier alpha value is -1.26. The smallest absolute Gasteiger partial charge is 0.292 e. The predicted molar refractivity (Wildman–Crippen MR) is 69.9 cm³/mol. The van der Waals surface area contributed by atoms with E-state index in [1.807, 2.05) is 39.0 Å². The van der Waals surface area contributed by atoms with Crippen molar-refractivity contribution in [3.8, 4) is 0 Å². The summed E-state index contributed by atoms with van der Waals surface area (Å²) < 4.78 is 0. The van der Waals surface area contributed by atoms with Gasteiger partial charge in [0.05, 0.1) is 6.54 Å². The number of amides is 2. The second-order valence-corrected chi connectivity index (χ2v) is 5.74. The molecular formula is C13H17ClN2O2. The van der Waals surface area contributed by atoms with Crippen LogP contribution in [0.25, 0.3) is 0 Å². The highest BCUT2D eigenvalue weighted by atomic mass is 35.5. The van der Waals surface area contributed by atoms with Gasteiger partial charge >= 0.3 is 6.03 Å². The first-order valence-electron chi connectivity index (χ1n) is 5.84. The van der Waals surface area contributed by atoms with Crippen LogP contribution < -0.4 is 0 Å². The zero-order valence-electron chi connectivity index (χ0n) is 10.8. The maximum Gasteiger partial charge on any atom is 0.346 e. The van der Waals surface area contributed by atoms with E-state index in [1.54, 1.807) is 11.0 Å². The Bertz CT molecular complexity index is 457. The van der Waals surface area contributed by atoms with E-state index in [2.05, 4.69) is 0 Å². The molecule has 1 aromatic rings. The molecule has 1 saturated heterocycles. The normalized spacial score (nSPS) is 16.6. The summed E-state index contributed by atoms with van der Waals surface area (Å²) in [7, 11) is 0. The molecule has 0 radical (unpaired) electrons. The standard InChI is InChI=1S/C13H17ClN2O2/c1-13(2,3)15-9-18-16(12(15)17)8-10-5-4-6-11(14)7-10/h4-7H,8-9H2,1-3H3. The summed E-state index contributed by atoms with van der Waals surface area (Å²) >= 11 is 5.91. The van der Waals surface area contributed by atoms with Gasteiger partial charge in [-0.15, -0.1) is 0 Å². The molecule has 0 bridgehead atoms. The third-order valence-electron chi connectivity index (χ3n) is 2.81. The Kier molecular flexibility index (Phi) is 3.50. The molecule has 0 unspecified atom stereocenters. The van der Waals surface area contributed by atoms with Crippen LogP contribution in [0.5, 0.6) is 0 Å². The Balaban J connectivity index is 2.07. The molecule has 1 fully saturated rings. The van der Waals surface area contributed by atoms with Crippen molar-refractivity contribution in [2.75, 3.05) is 6.73 Å². The fraction of sp³-hybridized carbons (Fsp3) is 0.462. The summed E-state index contributed by atoms with van der Waals surface area (Å²) in [6.45, 7) is 6.65. The Morgan fingerprint density at radius 2 is 2.11 bits per heavy atom. The highest BCUT2D eigenvalue weighted by molar-refractivity contribution is 6.30. The molecule has 0 saturated carbocycles. The number of hydroxylamine groups is 2. The van der Waals surface area contributed by atoms with Gasteiger partial charge in [0, 0.05) is 10.6 Å². The van der Waals surface area contributed by atoms with E-state index < -0.39 is 0 Å². The highest BCUT2D eigenvalue weighted by Gasteiger charge is 2.36. The van der Waals surface area contributed by atoms with Crippen LogP contribution in [0.2, 0.25) is 5.02 Å². The summed E-state index contributed by atoms with van der Waals surface area (Å²) in [6, 6.07) is 7.31. The fourth-order valence-corrected chi connectivity index (χ4v) is 1.98. The van der Waals surface area contributed by atoms with Crippen molar-refractivity contribution in [3.63, 3.8) is 0 Å². The van der Waals surface area contributed by atoms with Crippen LogP contribution >= 0.6 is 11.6 Å². The second kappa shape index (κ2) is 4.78. The number of nitrogens with zero attached hydrogens (tertiary/aromatic N) is 2. The van der Waals surface area contributed by atoms with Gasteiger partial charge < -0.3 is 0 Å². The van der Waals surface area contributed by atoms with Crippen LogP contribution in [-0.2, 0) is 11.4 Å². The van der Waals surface area contributed by atoms with E-state index in [9.17, 15) is 4.79 Å². The zero-order chi connectivity index (χ0) is 13.3. The number of rotatable bonds is 2. The minimum Gasteiger partial charge on any atom is -0.292 e. The molecule has 1 aliphatic rings. The van der Waals surface area contributed by atoms with Gasteiger partial charge in [-0.25, -0.2) is 9.63 Å². The van der Waals surface area contributed by atoms with Gasteiger partial charge in [0.1, 0.15) is 0 Å². The lowest BCUT2D eigenvalue weighted by Crippen LogP contribution is -2.44. The maximum absolute atomic E-state index is 12.1. The van der Waals surface area contributed by atoms with Gasteiger partial charge in [-0.1, -0.05) is 23.7 Å². The lowest BCUT2D eigenvalue weighted by atomic mass is 10.1. The zero-order valence-corrected chi connectivity index (χ0v) is 11.6. The molecule has 0 aliphatic carbocycles. The summed E-state index contributed by atoms with van der Waals surface area (Å²) in [4.78, 5) is 19.2. The average molecular weight is 269 g/mol. The number of benzene rings is 1. The van der Waals surface area contributed by atoms with Crippen molar-refractivity contribution >= 4 is 17.6 Å². The van der Waals surface area contributed by atoms with Gasteiger partial charge in [0.15, 0.2) is 6.73 Å². The van der Waals surface area contributed by atoms with Crippen molar-refractivity contribution in [3.05, 3.63) is 34.9 Å². The van der Waals surface area contributed by atoms with E-state index in [1.165, 1.54) is 5.06 Å². The molecule has 0 N–H and O–H groups in total. The SMILES string of the molecule is CC(C)(C)N1CON(Cc2cccc(Cl)c2)C1=O. The molecule has 98 valence electrons. The molecule has 0 atom stereocenters. The number of hydrogen-bond donors (Lipinski definition) is 0. The number of halogens is 1. The number of urea groups is 1. The first-order chi connectivity index (χ1) is 8.38. The lowest BCUT2D eigenvalue weighted by Gasteiger charge is -2.29. The van der Waals surface area contributed by atoms with Crippen LogP contribution in [0.15, 0.2) is 24.3 Å². The van der Waals surface area contributed by atoms with Crippen molar-refractivity contribution < 1.29 is 9.63 Å². The minimum absolute atomic E-state index is 0.109. The molecular weight excluding hydrogens is 252 g/mol. The van der Waals surface area contributed by atoms with Crippen LogP contribution in [-0.4, -0.2) is 28.3 Å². The molecule has 1 heterocycles. The Morgan fingerprint density at radius 1 is 1.39 bits per heavy atom. The van der Waals surface area contributed by atoms with E-state index in [0.717, 1.165) is 5.56 Å². The maximum atomic E-state index is 12.1. The van der Waals surface area contributed by atoms with Gasteiger partial charge in [0.25, 0.3) is 0 Å². The third kappa shape index (κ3) is 2.76. The van der Waals surface area contributed by atoms with Gasteiger partial charge in [-0.05, 0) is 38.5 Å². The second-order valence-electron chi connectivity index (χ2n) is 5.31. The van der Waals surface area contributed by atoms with Gasteiger partial charge in [0.2, 0.25) is 0 Å². The molecule has 0 aromatic heterocycles. The highest BCUT2D eigenvalue weighted by Crippen LogP contribution is 2.23. The van der Waals surface area contributed by atoms with Crippen molar-refractivity contribution in [1.29, 1.82) is 0 Å². The summed E-state index contributed by atoms with van der Waals surface area (Å²) in [5.74, 6) is 0. The fourth-order valence-electron chi connectivity index (χ4n) is 1.77. The predicted octanol–water partition coefficient (Wildman–Crippen LogP) is 3.27. The Morgan fingerprint density at radius 3 is 2.67 bits per heavy atom. The summed E-state index contributed by atoms with van der Waals surface area (Å²) in [5, 5.41) is 2.03. The largest absolute Gasteiger partial charge is 0.346 e. The Labute approximate surface area is 112 Å². The first kappa shape index (κ1) is 13.2. The first-order valence-corrected chi connectivity index (χ1v) is 6.22. The third-order valence-corrected chi connectivity index (χ3v) is 3.05. The van der Waals surface area contributed by atoms with E-state index >= 15 is 0 Å². The molecule has 1 aromatic carbocycles. The number of hydrogen-bond acceptors (Lipinski definition) is 2. The minimum atomic E-state index is -0.236. The quantitative estimate of drug-likeness (QED) is 0.825. The number of carbonyl (C=O) groups is 1. The average Bonchev–Trinajstić information content (AvgIpc) is 2.60. The van der Waals surface area contributed by atoms with Crippen molar-refractivity contribution in [2.45, 2.75) is 32.9 Å². The molecule has 2 amide bonds. The molecule has 2 rings (SSSR count). The van der Waals surface area contributed by atoms with Crippen LogP contribution in [0.1, 0.15) is 26.3 Å². The van der Waals surface area contributed by atoms with Crippen LogP contribution in [0, 0.1) is 0 Å². The van der Waals surface area contributed by atoms with Gasteiger partial charge in [-0.3, -0.25) is 4.90 Å². The number of carbonyl (C=O) groups excluding carboxylic acids is 1.